The van der Waals surface area contributed by atoms with Gasteiger partial charge in [0.2, 0.25) is 0 Å². The third kappa shape index (κ3) is 5.74. The molecule has 2 heteroatoms. The molecule has 0 saturated carbocycles. The van der Waals surface area contributed by atoms with Crippen LogP contribution in [-0.2, 0) is 31.1 Å². The minimum absolute atomic E-state index is 0.0492. The second-order valence-corrected chi connectivity index (χ2v) is 11.1. The molecule has 192 valence electrons. The number of anilines is 2. The van der Waals surface area contributed by atoms with E-state index in [9.17, 15) is 0 Å². The summed E-state index contributed by atoms with van der Waals surface area (Å²) in [4.78, 5) is 0. The molecular formula is C35H42N2. The van der Waals surface area contributed by atoms with Gasteiger partial charge < -0.3 is 11.5 Å². The van der Waals surface area contributed by atoms with E-state index in [1.165, 1.54) is 55.6 Å². The maximum absolute atomic E-state index is 6.06. The van der Waals surface area contributed by atoms with Gasteiger partial charge >= 0.3 is 0 Å². The molecule has 0 aliphatic rings. The predicted octanol–water partition coefficient (Wildman–Crippen LogP) is 7.98. The summed E-state index contributed by atoms with van der Waals surface area (Å²) in [6, 6.07) is 26.8. The molecule has 0 unspecified atom stereocenters. The Labute approximate surface area is 223 Å². The number of hydrogen-bond donors (Lipinski definition) is 2. The summed E-state index contributed by atoms with van der Waals surface area (Å²) >= 11 is 0. The molecule has 0 bridgehead atoms. The Kier molecular flexibility index (Phi) is 7.78. The molecule has 0 fully saturated rings. The van der Waals surface area contributed by atoms with Crippen LogP contribution in [0, 0.1) is 27.7 Å². The minimum atomic E-state index is -0.0492. The van der Waals surface area contributed by atoms with Crippen molar-refractivity contribution in [1.29, 1.82) is 0 Å². The van der Waals surface area contributed by atoms with Gasteiger partial charge in [-0.1, -0.05) is 74.5 Å². The van der Waals surface area contributed by atoms with Crippen LogP contribution in [-0.4, -0.2) is 0 Å². The highest BCUT2D eigenvalue weighted by molar-refractivity contribution is 5.54. The molecule has 0 saturated heterocycles. The van der Waals surface area contributed by atoms with Crippen LogP contribution in [0.1, 0.15) is 69.5 Å². The lowest BCUT2D eigenvalue weighted by Gasteiger charge is -2.26. The summed E-state index contributed by atoms with van der Waals surface area (Å²) in [7, 11) is 0. The number of nitrogen functional groups attached to an aromatic ring is 2. The molecule has 4 N–H and O–H groups in total. The van der Waals surface area contributed by atoms with E-state index in [0.717, 1.165) is 37.1 Å². The first-order valence-corrected chi connectivity index (χ1v) is 13.5. The number of aryl methyl sites for hydroxylation is 4. The number of benzene rings is 4. The topological polar surface area (TPSA) is 52.0 Å². The molecule has 0 spiro atoms. The molecule has 4 aromatic rings. The van der Waals surface area contributed by atoms with Gasteiger partial charge in [0.05, 0.1) is 0 Å². The van der Waals surface area contributed by atoms with E-state index in [4.69, 9.17) is 11.5 Å². The van der Waals surface area contributed by atoms with E-state index in [0.29, 0.717) is 0 Å². The molecule has 0 aromatic heterocycles. The first-order valence-electron chi connectivity index (χ1n) is 13.5. The third-order valence-corrected chi connectivity index (χ3v) is 8.60. The molecule has 0 radical (unpaired) electrons. The highest BCUT2D eigenvalue weighted by Gasteiger charge is 2.23. The lowest BCUT2D eigenvalue weighted by molar-refractivity contribution is 0.640. The van der Waals surface area contributed by atoms with Gasteiger partial charge in [0.15, 0.2) is 0 Å². The third-order valence-electron chi connectivity index (χ3n) is 8.60. The summed E-state index contributed by atoms with van der Waals surface area (Å²) in [5.74, 6) is 0. The summed E-state index contributed by atoms with van der Waals surface area (Å²) in [5.41, 5.74) is 27.1. The predicted molar refractivity (Wildman–Crippen MR) is 160 cm³/mol. The first kappa shape index (κ1) is 26.5. The zero-order valence-corrected chi connectivity index (χ0v) is 23.4. The summed E-state index contributed by atoms with van der Waals surface area (Å²) in [6.07, 6.45) is 4.14. The molecule has 0 heterocycles. The summed E-state index contributed by atoms with van der Waals surface area (Å²) in [5, 5.41) is 0. The van der Waals surface area contributed by atoms with E-state index in [1.807, 2.05) is 12.1 Å². The summed E-state index contributed by atoms with van der Waals surface area (Å²) in [6.45, 7) is 13.2. The molecule has 0 amide bonds. The highest BCUT2D eigenvalue weighted by atomic mass is 14.6. The fourth-order valence-corrected chi connectivity index (χ4v) is 5.24. The standard InChI is InChI=1S/C35H42N2/c1-23-25(3)33(36)21-15-29(23)13-7-27-9-17-31(18-10-27)35(5,6)32-19-11-28(12-20-32)8-14-30-16-22-34(37)26(4)24(30)2/h9-12,15-22H,7-8,13-14,36-37H2,1-6H3. The van der Waals surface area contributed by atoms with Gasteiger partial charge in [0.1, 0.15) is 0 Å². The first-order chi connectivity index (χ1) is 17.6. The van der Waals surface area contributed by atoms with E-state index >= 15 is 0 Å². The van der Waals surface area contributed by atoms with Gasteiger partial charge in [-0.3, -0.25) is 0 Å². The zero-order chi connectivity index (χ0) is 26.7. The second kappa shape index (κ2) is 10.8. The zero-order valence-electron chi connectivity index (χ0n) is 23.4. The van der Waals surface area contributed by atoms with Crippen molar-refractivity contribution in [3.05, 3.63) is 128 Å². The number of hydrogen-bond acceptors (Lipinski definition) is 2. The normalized spacial score (nSPS) is 11.6. The van der Waals surface area contributed by atoms with Crippen LogP contribution in [0.25, 0.3) is 0 Å². The Balaban J connectivity index is 1.40. The van der Waals surface area contributed by atoms with Crippen molar-refractivity contribution in [2.75, 3.05) is 11.5 Å². The fourth-order valence-electron chi connectivity index (χ4n) is 5.24. The molecule has 4 rings (SSSR count). The molecule has 2 nitrogen and oxygen atoms in total. The van der Waals surface area contributed by atoms with Gasteiger partial charge in [-0.05, 0) is 121 Å². The largest absolute Gasteiger partial charge is 0.399 e. The van der Waals surface area contributed by atoms with Gasteiger partial charge in [-0.25, -0.2) is 0 Å². The van der Waals surface area contributed by atoms with E-state index in [-0.39, 0.29) is 5.41 Å². The average Bonchev–Trinajstić information content (AvgIpc) is 2.90. The van der Waals surface area contributed by atoms with Crippen molar-refractivity contribution < 1.29 is 0 Å². The molecule has 37 heavy (non-hydrogen) atoms. The van der Waals surface area contributed by atoms with Gasteiger partial charge in [0.25, 0.3) is 0 Å². The SMILES string of the molecule is Cc1c(N)ccc(CCc2ccc(C(C)(C)c3ccc(CCc4ccc(N)c(C)c4C)cc3)cc2)c1C. The Bertz CT molecular complexity index is 1270. The van der Waals surface area contributed by atoms with Crippen molar-refractivity contribution in [3.8, 4) is 0 Å². The van der Waals surface area contributed by atoms with E-state index < -0.39 is 0 Å². The van der Waals surface area contributed by atoms with Gasteiger partial charge in [-0.15, -0.1) is 0 Å². The van der Waals surface area contributed by atoms with Crippen LogP contribution in [0.5, 0.6) is 0 Å². The van der Waals surface area contributed by atoms with Crippen LogP contribution >= 0.6 is 0 Å². The maximum Gasteiger partial charge on any atom is 0.0346 e. The maximum atomic E-state index is 6.06. The van der Waals surface area contributed by atoms with Crippen LogP contribution in [0.15, 0.2) is 72.8 Å². The number of nitrogens with two attached hydrogens (primary N) is 2. The molecule has 0 aliphatic heterocycles. The van der Waals surface area contributed by atoms with Gasteiger partial charge in [-0.2, -0.15) is 0 Å². The molecule has 0 aliphatic carbocycles. The smallest absolute Gasteiger partial charge is 0.0346 e. The van der Waals surface area contributed by atoms with Crippen LogP contribution in [0.2, 0.25) is 0 Å². The van der Waals surface area contributed by atoms with Crippen molar-refractivity contribution in [2.45, 2.75) is 72.6 Å². The van der Waals surface area contributed by atoms with E-state index in [2.05, 4.69) is 102 Å². The lowest BCUT2D eigenvalue weighted by atomic mass is 9.77. The van der Waals surface area contributed by atoms with Crippen LogP contribution < -0.4 is 11.5 Å². The molecule has 0 atom stereocenters. The molecule has 4 aromatic carbocycles. The number of rotatable bonds is 8. The minimum Gasteiger partial charge on any atom is -0.399 e. The van der Waals surface area contributed by atoms with Crippen molar-refractivity contribution in [1.82, 2.24) is 0 Å². The van der Waals surface area contributed by atoms with Crippen molar-refractivity contribution >= 4 is 11.4 Å². The monoisotopic (exact) mass is 490 g/mol. The van der Waals surface area contributed by atoms with Crippen LogP contribution in [0.3, 0.4) is 0 Å². The van der Waals surface area contributed by atoms with Crippen molar-refractivity contribution in [2.24, 2.45) is 0 Å². The fraction of sp³-hybridized carbons (Fsp3) is 0.314. The quantitative estimate of drug-likeness (QED) is 0.246. The average molecular weight is 491 g/mol. The Hall–Kier alpha value is -3.52. The molecular weight excluding hydrogens is 448 g/mol. The van der Waals surface area contributed by atoms with Gasteiger partial charge in [0, 0.05) is 16.8 Å². The lowest BCUT2D eigenvalue weighted by Crippen LogP contribution is -2.19. The Morgan fingerprint density at radius 3 is 1.16 bits per heavy atom. The second-order valence-electron chi connectivity index (χ2n) is 11.1. The van der Waals surface area contributed by atoms with Crippen LogP contribution in [0.4, 0.5) is 11.4 Å². The summed E-state index contributed by atoms with van der Waals surface area (Å²) < 4.78 is 0. The highest BCUT2D eigenvalue weighted by Crippen LogP contribution is 2.32. The van der Waals surface area contributed by atoms with E-state index in [1.54, 1.807) is 0 Å². The Morgan fingerprint density at radius 2 is 0.811 bits per heavy atom. The Morgan fingerprint density at radius 1 is 0.459 bits per heavy atom. The van der Waals surface area contributed by atoms with Crippen molar-refractivity contribution in [3.63, 3.8) is 0 Å².